The second kappa shape index (κ2) is 26.6. The summed E-state index contributed by atoms with van der Waals surface area (Å²) >= 11 is 19.2. The Morgan fingerprint density at radius 3 is 0.872 bits per heavy atom. The van der Waals surface area contributed by atoms with Gasteiger partial charge < -0.3 is 0 Å². The van der Waals surface area contributed by atoms with Gasteiger partial charge in [-0.2, -0.15) is 0 Å². The van der Waals surface area contributed by atoms with Gasteiger partial charge in [0.2, 0.25) is 0 Å². The standard InChI is InChI=1S/C41H36S5.C27H26S5/c1-3-4-5-6-7-32-18-19-34(42-32)35-22-23-38(44-35)39-26-27-41(46-39)40-25-24-37(45-40)36-21-20-33(43-36)31-16-14-30(15-17-31)13-12-29-10-8-28(2)9-11-29;1-3-4-5-6-7-19-9-11-21(29-19)23-13-15-25(31-23)27-17-16-26(32-27)24-14-12-22(30-24)20-10-8-18(2)28-20/h8-27H,3-7H2,1-2H3;8-17H,3-7H2,1-2H3/b13-12+;. The molecule has 10 heterocycles. The maximum atomic E-state index is 2.33. The van der Waals surface area contributed by atoms with Gasteiger partial charge in [0.05, 0.1) is 0 Å². The van der Waals surface area contributed by atoms with E-state index in [9.17, 15) is 0 Å². The second-order valence-corrected chi connectivity index (χ2v) is 30.8. The smallest absolute Gasteiger partial charge is 0.0449 e. The number of unbranched alkanes of at least 4 members (excludes halogenated alkanes) is 6. The third-order valence-corrected chi connectivity index (χ3v) is 26.0. The van der Waals surface area contributed by atoms with Crippen molar-refractivity contribution in [3.05, 3.63) is 201 Å². The van der Waals surface area contributed by atoms with Crippen LogP contribution in [0.1, 0.15) is 96.5 Å². The molecule has 0 bridgehead atoms. The van der Waals surface area contributed by atoms with Gasteiger partial charge in [0, 0.05) is 97.5 Å². The first-order valence-corrected chi connectivity index (χ1v) is 35.3. The molecule has 12 aromatic rings. The van der Waals surface area contributed by atoms with Crippen LogP contribution in [0.2, 0.25) is 0 Å². The quantitative estimate of drug-likeness (QED) is 0.0497. The molecule has 0 unspecified atom stereocenters. The van der Waals surface area contributed by atoms with E-state index < -0.39 is 0 Å². The van der Waals surface area contributed by atoms with Gasteiger partial charge in [-0.05, 0) is 178 Å². The maximum absolute atomic E-state index is 2.33. The molecule has 0 N–H and O–H groups in total. The van der Waals surface area contributed by atoms with Gasteiger partial charge in [0.15, 0.2) is 0 Å². The lowest BCUT2D eigenvalue weighted by Gasteiger charge is -1.99. The van der Waals surface area contributed by atoms with Crippen LogP contribution in [0.4, 0.5) is 0 Å². The third-order valence-electron chi connectivity index (χ3n) is 13.5. The molecule has 10 heteroatoms. The number of aryl methyl sites for hydroxylation is 4. The summed E-state index contributed by atoms with van der Waals surface area (Å²) in [6.45, 7) is 8.85. The Labute approximate surface area is 502 Å². The van der Waals surface area contributed by atoms with E-state index in [2.05, 4.69) is 210 Å². The minimum atomic E-state index is 1.21. The number of hydrogen-bond donors (Lipinski definition) is 0. The molecule has 0 amide bonds. The molecule has 0 saturated heterocycles. The van der Waals surface area contributed by atoms with Crippen LogP contribution in [0.15, 0.2) is 170 Å². The van der Waals surface area contributed by atoms with Crippen molar-refractivity contribution in [2.75, 3.05) is 0 Å². The van der Waals surface area contributed by atoms with Crippen molar-refractivity contribution in [3.63, 3.8) is 0 Å². The molecule has 0 spiro atoms. The third kappa shape index (κ3) is 14.0. The largest absolute Gasteiger partial charge is 0.140 e. The Kier molecular flexibility index (Phi) is 18.8. The van der Waals surface area contributed by atoms with E-state index in [0.717, 1.165) is 0 Å². The van der Waals surface area contributed by atoms with Crippen LogP contribution < -0.4 is 0 Å². The Hall–Kier alpha value is -4.82. The zero-order valence-electron chi connectivity index (χ0n) is 44.5. The molecule has 0 nitrogen and oxygen atoms in total. The van der Waals surface area contributed by atoms with Crippen LogP contribution in [-0.4, -0.2) is 0 Å². The van der Waals surface area contributed by atoms with Crippen molar-refractivity contribution in [2.45, 2.75) is 91.9 Å². The SMILES string of the molecule is CCCCCCc1ccc(-c2ccc(-c3ccc(-c4ccc(-c5ccc(-c6ccc(/C=C/c7ccc(C)cc7)cc6)s5)s4)s3)s2)s1.CCCCCCc1ccc(-c2ccc(-c3ccc(-c4ccc(-c5ccc(C)s5)s4)s3)s2)s1. The first-order chi connectivity index (χ1) is 38.3. The van der Waals surface area contributed by atoms with Gasteiger partial charge in [0.25, 0.3) is 0 Å². The highest BCUT2D eigenvalue weighted by atomic mass is 32.1. The van der Waals surface area contributed by atoms with Crippen molar-refractivity contribution in [3.8, 4) is 88.5 Å². The molecule has 0 fully saturated rings. The topological polar surface area (TPSA) is 0 Å². The van der Waals surface area contributed by atoms with Crippen LogP contribution in [-0.2, 0) is 12.8 Å². The Morgan fingerprint density at radius 1 is 0.256 bits per heavy atom. The molecular weight excluding hydrogens is 1140 g/mol. The Morgan fingerprint density at radius 2 is 0.538 bits per heavy atom. The van der Waals surface area contributed by atoms with Crippen LogP contribution in [0.5, 0.6) is 0 Å². The second-order valence-electron chi connectivity index (χ2n) is 19.6. The van der Waals surface area contributed by atoms with E-state index in [4.69, 9.17) is 0 Å². The summed E-state index contributed by atoms with van der Waals surface area (Å²) in [7, 11) is 0. The van der Waals surface area contributed by atoms with E-state index in [-0.39, 0.29) is 0 Å². The van der Waals surface area contributed by atoms with Gasteiger partial charge in [0.1, 0.15) is 0 Å². The summed E-state index contributed by atoms with van der Waals surface area (Å²) in [5.41, 5.74) is 5.00. The molecule has 0 atom stereocenters. The summed E-state index contributed by atoms with van der Waals surface area (Å²) in [6.07, 6.45) is 17.4. The lowest BCUT2D eigenvalue weighted by atomic mass is 10.1. The van der Waals surface area contributed by atoms with Crippen LogP contribution >= 0.6 is 113 Å². The fourth-order valence-corrected chi connectivity index (χ4v) is 19.9. The van der Waals surface area contributed by atoms with E-state index in [0.29, 0.717) is 0 Å². The average molecular weight is 1200 g/mol. The fraction of sp³-hybridized carbons (Fsp3) is 0.206. The molecule has 10 aromatic heterocycles. The number of hydrogen-bond acceptors (Lipinski definition) is 10. The first kappa shape index (κ1) is 55.1. The van der Waals surface area contributed by atoms with Crippen molar-refractivity contribution in [1.29, 1.82) is 0 Å². The number of benzene rings is 2. The predicted octanol–water partition coefficient (Wildman–Crippen LogP) is 26.0. The molecule has 0 aliphatic rings. The highest BCUT2D eigenvalue weighted by Crippen LogP contribution is 2.47. The molecule has 2 aromatic carbocycles. The van der Waals surface area contributed by atoms with E-state index >= 15 is 0 Å². The molecule has 0 aliphatic heterocycles. The normalized spacial score (nSPS) is 11.5. The van der Waals surface area contributed by atoms with E-state index in [1.165, 1.54) is 184 Å². The highest BCUT2D eigenvalue weighted by molar-refractivity contribution is 7.31. The zero-order chi connectivity index (χ0) is 53.2. The van der Waals surface area contributed by atoms with Gasteiger partial charge in [-0.15, -0.1) is 113 Å². The molecule has 394 valence electrons. The molecule has 0 radical (unpaired) electrons. The van der Waals surface area contributed by atoms with Gasteiger partial charge in [-0.25, -0.2) is 0 Å². The number of rotatable bonds is 21. The van der Waals surface area contributed by atoms with Gasteiger partial charge in [-0.1, -0.05) is 119 Å². The first-order valence-electron chi connectivity index (χ1n) is 27.1. The molecule has 78 heavy (non-hydrogen) atoms. The van der Waals surface area contributed by atoms with Crippen LogP contribution in [0.25, 0.3) is 101 Å². The minimum Gasteiger partial charge on any atom is -0.140 e. The summed E-state index contributed by atoms with van der Waals surface area (Å²) in [4.78, 5) is 27.6. The monoisotopic (exact) mass is 1200 g/mol. The maximum Gasteiger partial charge on any atom is 0.0449 e. The van der Waals surface area contributed by atoms with Crippen LogP contribution in [0.3, 0.4) is 0 Å². The van der Waals surface area contributed by atoms with Crippen molar-refractivity contribution < 1.29 is 0 Å². The van der Waals surface area contributed by atoms with Gasteiger partial charge >= 0.3 is 0 Å². The minimum absolute atomic E-state index is 1.21. The van der Waals surface area contributed by atoms with Crippen LogP contribution in [0, 0.1) is 13.8 Å². The van der Waals surface area contributed by atoms with Gasteiger partial charge in [-0.3, -0.25) is 0 Å². The van der Waals surface area contributed by atoms with Crippen molar-refractivity contribution in [2.24, 2.45) is 0 Å². The number of thiophene rings is 10. The summed E-state index contributed by atoms with van der Waals surface area (Å²) in [6, 6.07) is 63.3. The molecular formula is C68H62S10. The average Bonchev–Trinajstić information content (AvgIpc) is 4.29. The van der Waals surface area contributed by atoms with Crippen molar-refractivity contribution >= 4 is 126 Å². The van der Waals surface area contributed by atoms with Crippen molar-refractivity contribution in [1.82, 2.24) is 0 Å². The zero-order valence-corrected chi connectivity index (χ0v) is 52.6. The molecule has 0 saturated carbocycles. The lowest BCUT2D eigenvalue weighted by Crippen LogP contribution is -1.80. The van der Waals surface area contributed by atoms with E-state index in [1.54, 1.807) is 0 Å². The summed E-state index contributed by atoms with van der Waals surface area (Å²) in [5.74, 6) is 0. The molecule has 0 aliphatic carbocycles. The highest BCUT2D eigenvalue weighted by Gasteiger charge is 2.16. The predicted molar refractivity (Wildman–Crippen MR) is 361 cm³/mol. The fourth-order valence-electron chi connectivity index (χ4n) is 9.18. The summed E-state index contributed by atoms with van der Waals surface area (Å²) < 4.78 is 0. The summed E-state index contributed by atoms with van der Waals surface area (Å²) in [5, 5.41) is 0. The van der Waals surface area contributed by atoms with E-state index in [1.807, 2.05) is 113 Å². The molecule has 12 rings (SSSR count). The lowest BCUT2D eigenvalue weighted by molar-refractivity contribution is 0.670. The Balaban J connectivity index is 0.000000177. The Bertz CT molecular complexity index is 3810.